The van der Waals surface area contributed by atoms with Crippen LogP contribution >= 0.6 is 0 Å². The minimum Gasteiger partial charge on any atom is -0.382 e. The fourth-order valence-corrected chi connectivity index (χ4v) is 3.07. The predicted molar refractivity (Wildman–Crippen MR) is 79.4 cm³/mol. The third kappa shape index (κ3) is 3.50. The molecule has 1 saturated heterocycles. The van der Waals surface area contributed by atoms with E-state index in [9.17, 15) is 18.4 Å². The van der Waals surface area contributed by atoms with Crippen molar-refractivity contribution in [2.45, 2.75) is 31.2 Å². The normalized spacial score (nSPS) is 20.7. The molecule has 0 aromatic heterocycles. The molecule has 1 fully saturated rings. The number of carbonyl (C=O) groups excluding carboxylic acids is 2. The van der Waals surface area contributed by atoms with Crippen LogP contribution < -0.4 is 5.73 Å². The van der Waals surface area contributed by atoms with Gasteiger partial charge in [0.25, 0.3) is 0 Å². The zero-order chi connectivity index (χ0) is 17.0. The second-order valence-electron chi connectivity index (χ2n) is 5.71. The van der Waals surface area contributed by atoms with Crippen molar-refractivity contribution in [3.05, 3.63) is 35.4 Å². The minimum atomic E-state index is -1.15. The first-order chi connectivity index (χ1) is 10.9. The number of ether oxygens (including phenoxy) is 1. The summed E-state index contributed by atoms with van der Waals surface area (Å²) in [5, 5.41) is 0. The summed E-state index contributed by atoms with van der Waals surface area (Å²) in [7, 11) is 1.44. The van der Waals surface area contributed by atoms with E-state index in [0.29, 0.717) is 19.4 Å². The van der Waals surface area contributed by atoms with E-state index in [1.807, 2.05) is 0 Å². The molecule has 1 unspecified atom stereocenters. The Hall–Kier alpha value is -2.02. The average Bonchev–Trinajstić information content (AvgIpc) is 2.93. The quantitative estimate of drug-likeness (QED) is 0.858. The lowest BCUT2D eigenvalue weighted by molar-refractivity contribution is -0.146. The van der Waals surface area contributed by atoms with Gasteiger partial charge in [-0.3, -0.25) is 9.59 Å². The molecule has 1 heterocycles. The Kier molecular flexibility index (Phi) is 5.30. The van der Waals surface area contributed by atoms with Crippen molar-refractivity contribution in [3.63, 3.8) is 0 Å². The number of amides is 2. The molecular formula is C16H20F2N2O3. The number of rotatable bonds is 6. The topological polar surface area (TPSA) is 72.6 Å². The molecule has 0 spiro atoms. The number of hydrogen-bond donors (Lipinski definition) is 1. The van der Waals surface area contributed by atoms with Gasteiger partial charge < -0.3 is 15.4 Å². The maximum absolute atomic E-state index is 13.6. The summed E-state index contributed by atoms with van der Waals surface area (Å²) in [5.74, 6) is -2.04. The van der Waals surface area contributed by atoms with Gasteiger partial charge >= 0.3 is 0 Å². The van der Waals surface area contributed by atoms with Gasteiger partial charge in [-0.15, -0.1) is 0 Å². The summed E-state index contributed by atoms with van der Waals surface area (Å²) in [6, 6.07) is 3.13. The Morgan fingerprint density at radius 3 is 2.78 bits per heavy atom. The van der Waals surface area contributed by atoms with Gasteiger partial charge in [0.15, 0.2) is 0 Å². The summed E-state index contributed by atoms with van der Waals surface area (Å²) >= 11 is 0. The monoisotopic (exact) mass is 326 g/mol. The molecule has 23 heavy (non-hydrogen) atoms. The van der Waals surface area contributed by atoms with Gasteiger partial charge in [-0.25, -0.2) is 8.78 Å². The highest BCUT2D eigenvalue weighted by Crippen LogP contribution is 2.30. The van der Waals surface area contributed by atoms with E-state index < -0.39 is 23.1 Å². The first-order valence-electron chi connectivity index (χ1n) is 7.44. The maximum atomic E-state index is 13.6. The van der Waals surface area contributed by atoms with E-state index in [1.165, 1.54) is 12.0 Å². The summed E-state index contributed by atoms with van der Waals surface area (Å²) < 4.78 is 31.8. The van der Waals surface area contributed by atoms with Crippen molar-refractivity contribution in [1.29, 1.82) is 0 Å². The average molecular weight is 326 g/mol. The second-order valence-corrected chi connectivity index (χ2v) is 5.71. The van der Waals surface area contributed by atoms with Crippen LogP contribution in [0.5, 0.6) is 0 Å². The number of benzene rings is 1. The van der Waals surface area contributed by atoms with Crippen molar-refractivity contribution >= 4 is 11.8 Å². The van der Waals surface area contributed by atoms with E-state index in [4.69, 9.17) is 10.5 Å². The van der Waals surface area contributed by atoms with E-state index in [1.54, 1.807) is 0 Å². The van der Waals surface area contributed by atoms with E-state index >= 15 is 0 Å². The van der Waals surface area contributed by atoms with Gasteiger partial charge in [-0.1, -0.05) is 0 Å². The SMILES string of the molecule is COCC1(C(N)=O)CCCN1C(=O)CCc1cc(F)ccc1F. The Labute approximate surface area is 133 Å². The summed E-state index contributed by atoms with van der Waals surface area (Å²) in [6.07, 6.45) is 1.11. The predicted octanol–water partition coefficient (Wildman–Crippen LogP) is 1.39. The van der Waals surface area contributed by atoms with Crippen LogP contribution in [0, 0.1) is 11.6 Å². The number of hydrogen-bond acceptors (Lipinski definition) is 3. The van der Waals surface area contributed by atoms with Gasteiger partial charge in [0.1, 0.15) is 17.2 Å². The molecule has 1 aromatic carbocycles. The van der Waals surface area contributed by atoms with Crippen LogP contribution in [-0.4, -0.2) is 42.5 Å². The van der Waals surface area contributed by atoms with Gasteiger partial charge in [-0.2, -0.15) is 0 Å². The standard InChI is InChI=1S/C16H20F2N2O3/c1-23-10-16(15(19)22)7-2-8-20(16)14(21)6-3-11-9-12(17)4-5-13(11)18/h4-5,9H,2-3,6-8,10H2,1H3,(H2,19,22). The molecule has 0 radical (unpaired) electrons. The van der Waals surface area contributed by atoms with Crippen LogP contribution in [0.15, 0.2) is 18.2 Å². The van der Waals surface area contributed by atoms with Crippen molar-refractivity contribution < 1.29 is 23.1 Å². The molecule has 2 N–H and O–H groups in total. The molecule has 1 atom stereocenters. The van der Waals surface area contributed by atoms with Gasteiger partial charge in [0.2, 0.25) is 11.8 Å². The molecule has 0 bridgehead atoms. The smallest absolute Gasteiger partial charge is 0.245 e. The molecule has 2 rings (SSSR count). The molecule has 0 aliphatic carbocycles. The fourth-order valence-electron chi connectivity index (χ4n) is 3.07. The number of methoxy groups -OCH3 is 1. The van der Waals surface area contributed by atoms with E-state index in [0.717, 1.165) is 18.2 Å². The molecule has 1 aromatic rings. The Morgan fingerprint density at radius 2 is 2.13 bits per heavy atom. The van der Waals surface area contributed by atoms with Gasteiger partial charge in [0.05, 0.1) is 6.61 Å². The summed E-state index contributed by atoms with van der Waals surface area (Å²) in [4.78, 5) is 25.7. The lowest BCUT2D eigenvalue weighted by Gasteiger charge is -2.35. The summed E-state index contributed by atoms with van der Waals surface area (Å²) in [5.41, 5.74) is 4.46. The molecule has 5 nitrogen and oxygen atoms in total. The molecule has 1 aliphatic heterocycles. The van der Waals surface area contributed by atoms with Crippen LogP contribution in [-0.2, 0) is 20.7 Å². The molecule has 0 saturated carbocycles. The number of halogens is 2. The Morgan fingerprint density at radius 1 is 1.39 bits per heavy atom. The van der Waals surface area contributed by atoms with Crippen molar-refractivity contribution in [3.8, 4) is 0 Å². The zero-order valence-electron chi connectivity index (χ0n) is 13.0. The van der Waals surface area contributed by atoms with E-state index in [-0.39, 0.29) is 30.9 Å². The number of nitrogens with zero attached hydrogens (tertiary/aromatic N) is 1. The van der Waals surface area contributed by atoms with Gasteiger partial charge in [-0.05, 0) is 43.0 Å². The van der Waals surface area contributed by atoms with Crippen LogP contribution in [0.1, 0.15) is 24.8 Å². The van der Waals surface area contributed by atoms with Crippen LogP contribution in [0.2, 0.25) is 0 Å². The highest BCUT2D eigenvalue weighted by molar-refractivity contribution is 5.91. The summed E-state index contributed by atoms with van der Waals surface area (Å²) in [6.45, 7) is 0.430. The zero-order valence-corrected chi connectivity index (χ0v) is 13.0. The molecule has 2 amide bonds. The number of aryl methyl sites for hydroxylation is 1. The van der Waals surface area contributed by atoms with E-state index in [2.05, 4.69) is 0 Å². The van der Waals surface area contributed by atoms with Crippen molar-refractivity contribution in [2.75, 3.05) is 20.3 Å². The van der Waals surface area contributed by atoms with Crippen LogP contribution in [0.4, 0.5) is 8.78 Å². The lowest BCUT2D eigenvalue weighted by Crippen LogP contribution is -2.58. The fraction of sp³-hybridized carbons (Fsp3) is 0.500. The Balaban J connectivity index is 2.10. The first kappa shape index (κ1) is 17.3. The number of primary amides is 1. The number of nitrogens with two attached hydrogens (primary N) is 1. The second kappa shape index (κ2) is 7.04. The largest absolute Gasteiger partial charge is 0.382 e. The van der Waals surface area contributed by atoms with Crippen molar-refractivity contribution in [1.82, 2.24) is 4.90 Å². The molecular weight excluding hydrogens is 306 g/mol. The molecule has 126 valence electrons. The highest BCUT2D eigenvalue weighted by Gasteiger charge is 2.48. The molecule has 7 heteroatoms. The molecule has 1 aliphatic rings. The van der Waals surface area contributed by atoms with Crippen LogP contribution in [0.3, 0.4) is 0 Å². The van der Waals surface area contributed by atoms with Crippen LogP contribution in [0.25, 0.3) is 0 Å². The maximum Gasteiger partial charge on any atom is 0.245 e. The lowest BCUT2D eigenvalue weighted by atomic mass is 9.95. The Bertz CT molecular complexity index is 609. The number of likely N-dealkylation sites (tertiary alicyclic amines) is 1. The first-order valence-corrected chi connectivity index (χ1v) is 7.44. The van der Waals surface area contributed by atoms with Crippen molar-refractivity contribution in [2.24, 2.45) is 5.73 Å². The minimum absolute atomic E-state index is 0.0287. The third-order valence-electron chi connectivity index (χ3n) is 4.25. The highest BCUT2D eigenvalue weighted by atomic mass is 19.1. The number of carbonyl (C=O) groups is 2. The third-order valence-corrected chi connectivity index (χ3v) is 4.25. The van der Waals surface area contributed by atoms with Gasteiger partial charge in [0, 0.05) is 20.1 Å².